The lowest BCUT2D eigenvalue weighted by Gasteiger charge is -2.00. The standard InChI is InChI=1S/C16H9N3O2/c17-10-13-1-5-14(6-2-13)15(11-18)9-12-3-7-16(8-4-12)19(20)21/h1-9H/b15-9-. The van der Waals surface area contributed by atoms with E-state index in [1.807, 2.05) is 6.07 Å². The molecule has 0 saturated carbocycles. The van der Waals surface area contributed by atoms with Crippen molar-refractivity contribution in [3.63, 3.8) is 0 Å². The summed E-state index contributed by atoms with van der Waals surface area (Å²) in [5.41, 5.74) is 2.33. The highest BCUT2D eigenvalue weighted by atomic mass is 16.6. The number of allylic oxidation sites excluding steroid dienone is 1. The van der Waals surface area contributed by atoms with E-state index in [-0.39, 0.29) is 5.69 Å². The molecule has 0 radical (unpaired) electrons. The van der Waals surface area contributed by atoms with Crippen LogP contribution in [0.4, 0.5) is 5.69 Å². The van der Waals surface area contributed by atoms with E-state index in [1.54, 1.807) is 42.5 Å². The second-order valence-corrected chi connectivity index (χ2v) is 4.21. The van der Waals surface area contributed by atoms with Crippen LogP contribution in [-0.4, -0.2) is 4.92 Å². The monoisotopic (exact) mass is 275 g/mol. The molecule has 5 nitrogen and oxygen atoms in total. The van der Waals surface area contributed by atoms with E-state index in [9.17, 15) is 15.4 Å². The topological polar surface area (TPSA) is 90.7 Å². The van der Waals surface area contributed by atoms with Gasteiger partial charge in [-0.15, -0.1) is 0 Å². The lowest BCUT2D eigenvalue weighted by molar-refractivity contribution is -0.384. The lowest BCUT2D eigenvalue weighted by atomic mass is 10.0. The van der Waals surface area contributed by atoms with E-state index in [0.717, 1.165) is 0 Å². The van der Waals surface area contributed by atoms with Crippen LogP contribution in [0.25, 0.3) is 11.6 Å². The molecule has 0 saturated heterocycles. The first kappa shape index (κ1) is 14.0. The summed E-state index contributed by atoms with van der Waals surface area (Å²) < 4.78 is 0. The first-order chi connectivity index (χ1) is 10.1. The molecule has 2 aromatic rings. The minimum Gasteiger partial charge on any atom is -0.258 e. The fraction of sp³-hybridized carbons (Fsp3) is 0. The highest BCUT2D eigenvalue weighted by Gasteiger charge is 2.05. The van der Waals surface area contributed by atoms with Crippen molar-refractivity contribution < 1.29 is 4.92 Å². The van der Waals surface area contributed by atoms with Crippen molar-refractivity contribution in [1.29, 1.82) is 10.5 Å². The number of benzene rings is 2. The number of hydrogen-bond acceptors (Lipinski definition) is 4. The van der Waals surface area contributed by atoms with Gasteiger partial charge in [0, 0.05) is 12.1 Å². The van der Waals surface area contributed by atoms with Gasteiger partial charge in [0.15, 0.2) is 0 Å². The van der Waals surface area contributed by atoms with Crippen LogP contribution in [0.2, 0.25) is 0 Å². The summed E-state index contributed by atoms with van der Waals surface area (Å²) in [5, 5.41) is 28.5. The van der Waals surface area contributed by atoms with Gasteiger partial charge in [-0.05, 0) is 41.5 Å². The normalized spacial score (nSPS) is 10.5. The third-order valence-corrected chi connectivity index (χ3v) is 2.86. The second-order valence-electron chi connectivity index (χ2n) is 4.21. The molecule has 0 N–H and O–H groups in total. The Balaban J connectivity index is 2.34. The molecule has 0 aliphatic rings. The highest BCUT2D eigenvalue weighted by molar-refractivity contribution is 5.89. The van der Waals surface area contributed by atoms with E-state index in [1.165, 1.54) is 12.1 Å². The molecule has 100 valence electrons. The first-order valence-electron chi connectivity index (χ1n) is 6.01. The molecule has 0 bridgehead atoms. The number of nitriles is 2. The second kappa shape index (κ2) is 6.14. The van der Waals surface area contributed by atoms with Gasteiger partial charge in [-0.2, -0.15) is 10.5 Å². The molecule has 0 fully saturated rings. The van der Waals surface area contributed by atoms with Gasteiger partial charge in [0.2, 0.25) is 0 Å². The molecule has 0 aromatic heterocycles. The Kier molecular flexibility index (Phi) is 4.09. The maximum Gasteiger partial charge on any atom is 0.269 e. The predicted molar refractivity (Wildman–Crippen MR) is 77.7 cm³/mol. The van der Waals surface area contributed by atoms with Crippen molar-refractivity contribution in [2.24, 2.45) is 0 Å². The predicted octanol–water partition coefficient (Wildman–Crippen LogP) is 3.53. The Morgan fingerprint density at radius 3 is 2.14 bits per heavy atom. The number of nitro benzene ring substituents is 1. The summed E-state index contributed by atoms with van der Waals surface area (Å²) in [6.45, 7) is 0. The van der Waals surface area contributed by atoms with Gasteiger partial charge in [0.1, 0.15) is 0 Å². The zero-order valence-electron chi connectivity index (χ0n) is 10.9. The molecular formula is C16H9N3O2. The Hall–Kier alpha value is -3.44. The Morgan fingerprint density at radius 1 is 1.05 bits per heavy atom. The third-order valence-electron chi connectivity index (χ3n) is 2.86. The van der Waals surface area contributed by atoms with E-state index < -0.39 is 4.92 Å². The summed E-state index contributed by atoms with van der Waals surface area (Å²) in [6.07, 6.45) is 1.64. The number of nitro groups is 1. The van der Waals surface area contributed by atoms with Crippen LogP contribution < -0.4 is 0 Å². The summed E-state index contributed by atoms with van der Waals surface area (Å²) >= 11 is 0. The molecule has 2 aromatic carbocycles. The van der Waals surface area contributed by atoms with Gasteiger partial charge in [-0.25, -0.2) is 0 Å². The van der Waals surface area contributed by atoms with Crippen LogP contribution in [0.1, 0.15) is 16.7 Å². The van der Waals surface area contributed by atoms with Crippen molar-refractivity contribution in [2.45, 2.75) is 0 Å². The fourth-order valence-electron chi connectivity index (χ4n) is 1.76. The number of non-ortho nitro benzene ring substituents is 1. The average Bonchev–Trinajstić information content (AvgIpc) is 2.53. The molecule has 0 aliphatic carbocycles. The van der Waals surface area contributed by atoms with E-state index in [0.29, 0.717) is 22.3 Å². The van der Waals surface area contributed by atoms with E-state index in [2.05, 4.69) is 6.07 Å². The quantitative estimate of drug-likeness (QED) is 0.371. The van der Waals surface area contributed by atoms with Crippen LogP contribution >= 0.6 is 0 Å². The van der Waals surface area contributed by atoms with Gasteiger partial charge in [0.25, 0.3) is 5.69 Å². The Labute approximate surface area is 121 Å². The summed E-state index contributed by atoms with van der Waals surface area (Å²) in [7, 11) is 0. The van der Waals surface area contributed by atoms with Crippen LogP contribution in [-0.2, 0) is 0 Å². The maximum absolute atomic E-state index is 10.6. The van der Waals surface area contributed by atoms with Gasteiger partial charge in [-0.1, -0.05) is 12.1 Å². The van der Waals surface area contributed by atoms with Gasteiger partial charge < -0.3 is 0 Å². The smallest absolute Gasteiger partial charge is 0.258 e. The molecule has 5 heteroatoms. The summed E-state index contributed by atoms with van der Waals surface area (Å²) in [4.78, 5) is 10.1. The molecule has 21 heavy (non-hydrogen) atoms. The fourth-order valence-corrected chi connectivity index (χ4v) is 1.76. The van der Waals surface area contributed by atoms with Crippen molar-refractivity contribution in [3.8, 4) is 12.1 Å². The molecule has 0 amide bonds. The SMILES string of the molecule is N#C/C(=C/c1ccc([N+](=O)[O-])cc1)c1ccc(C#N)cc1. The lowest BCUT2D eigenvalue weighted by Crippen LogP contribution is -1.87. The van der Waals surface area contributed by atoms with Crippen LogP contribution in [0, 0.1) is 32.8 Å². The zero-order chi connectivity index (χ0) is 15.2. The van der Waals surface area contributed by atoms with Crippen molar-refractivity contribution in [1.82, 2.24) is 0 Å². The minimum atomic E-state index is -0.473. The van der Waals surface area contributed by atoms with Gasteiger partial charge >= 0.3 is 0 Å². The largest absolute Gasteiger partial charge is 0.269 e. The van der Waals surface area contributed by atoms with Crippen molar-refractivity contribution >= 4 is 17.3 Å². The van der Waals surface area contributed by atoms with E-state index >= 15 is 0 Å². The molecule has 0 aliphatic heterocycles. The molecule has 0 spiro atoms. The Bertz CT molecular complexity index is 776. The zero-order valence-corrected chi connectivity index (χ0v) is 10.9. The number of rotatable bonds is 3. The van der Waals surface area contributed by atoms with Crippen LogP contribution in [0.3, 0.4) is 0 Å². The van der Waals surface area contributed by atoms with Crippen molar-refractivity contribution in [2.75, 3.05) is 0 Å². The average molecular weight is 275 g/mol. The first-order valence-corrected chi connectivity index (χ1v) is 6.01. The molecular weight excluding hydrogens is 266 g/mol. The molecule has 0 heterocycles. The molecule has 0 atom stereocenters. The van der Waals surface area contributed by atoms with Gasteiger partial charge in [0.05, 0.1) is 28.2 Å². The Morgan fingerprint density at radius 2 is 1.67 bits per heavy atom. The summed E-state index contributed by atoms with van der Waals surface area (Å²) in [6, 6.07) is 16.7. The number of hydrogen-bond donors (Lipinski definition) is 0. The number of nitrogens with zero attached hydrogens (tertiary/aromatic N) is 3. The van der Waals surface area contributed by atoms with Crippen LogP contribution in [0.15, 0.2) is 48.5 Å². The highest BCUT2D eigenvalue weighted by Crippen LogP contribution is 2.20. The van der Waals surface area contributed by atoms with Crippen molar-refractivity contribution in [3.05, 3.63) is 75.3 Å². The van der Waals surface area contributed by atoms with Gasteiger partial charge in [-0.3, -0.25) is 10.1 Å². The summed E-state index contributed by atoms with van der Waals surface area (Å²) in [5.74, 6) is 0. The third kappa shape index (κ3) is 3.31. The maximum atomic E-state index is 10.6. The molecule has 0 unspecified atom stereocenters. The van der Waals surface area contributed by atoms with E-state index in [4.69, 9.17) is 5.26 Å². The molecule has 2 rings (SSSR count). The minimum absolute atomic E-state index is 0.00373. The van der Waals surface area contributed by atoms with Crippen LogP contribution in [0.5, 0.6) is 0 Å².